The number of carboxylic acids is 1. The Morgan fingerprint density at radius 2 is 2.07 bits per heavy atom. The van der Waals surface area contributed by atoms with Gasteiger partial charge in [0.25, 0.3) is 0 Å². The first kappa shape index (κ1) is 12.0. The predicted molar refractivity (Wildman–Crippen MR) is 53.4 cm³/mol. The first-order valence-electron chi connectivity index (χ1n) is 5.23. The SMILES string of the molecule is CC(OCC(=O)O)C(=O)NC1CCCC1. The van der Waals surface area contributed by atoms with E-state index in [2.05, 4.69) is 5.32 Å². The summed E-state index contributed by atoms with van der Waals surface area (Å²) in [6.07, 6.45) is 3.63. The standard InChI is InChI=1S/C10H17NO4/c1-7(15-6-9(12)13)10(14)11-8-4-2-3-5-8/h7-8H,2-6H2,1H3,(H,11,14)(H,12,13). The lowest BCUT2D eigenvalue weighted by Crippen LogP contribution is -2.40. The summed E-state index contributed by atoms with van der Waals surface area (Å²) in [5, 5.41) is 11.2. The van der Waals surface area contributed by atoms with Gasteiger partial charge < -0.3 is 15.2 Å². The molecule has 1 aliphatic rings. The van der Waals surface area contributed by atoms with Crippen LogP contribution in [0.5, 0.6) is 0 Å². The molecule has 1 unspecified atom stereocenters. The van der Waals surface area contributed by atoms with Crippen LogP contribution < -0.4 is 5.32 Å². The molecule has 0 aliphatic heterocycles. The molecule has 1 saturated carbocycles. The van der Waals surface area contributed by atoms with Crippen LogP contribution in [0, 0.1) is 0 Å². The zero-order valence-electron chi connectivity index (χ0n) is 8.86. The highest BCUT2D eigenvalue weighted by Crippen LogP contribution is 2.17. The van der Waals surface area contributed by atoms with E-state index in [1.54, 1.807) is 6.92 Å². The number of carboxylic acid groups (broad SMARTS) is 1. The van der Waals surface area contributed by atoms with Crippen LogP contribution in [-0.4, -0.2) is 35.7 Å². The van der Waals surface area contributed by atoms with Crippen molar-refractivity contribution >= 4 is 11.9 Å². The number of hydrogen-bond donors (Lipinski definition) is 2. The van der Waals surface area contributed by atoms with Crippen LogP contribution in [0.4, 0.5) is 0 Å². The summed E-state index contributed by atoms with van der Waals surface area (Å²) in [6, 6.07) is 0.244. The number of amides is 1. The second kappa shape index (κ2) is 5.70. The van der Waals surface area contributed by atoms with Gasteiger partial charge in [-0.25, -0.2) is 4.79 Å². The average Bonchev–Trinajstić information content (AvgIpc) is 2.66. The van der Waals surface area contributed by atoms with Gasteiger partial charge in [-0.1, -0.05) is 12.8 Å². The molecule has 5 heteroatoms. The van der Waals surface area contributed by atoms with Crippen molar-refractivity contribution in [3.63, 3.8) is 0 Å². The topological polar surface area (TPSA) is 75.6 Å². The van der Waals surface area contributed by atoms with E-state index < -0.39 is 18.7 Å². The van der Waals surface area contributed by atoms with Gasteiger partial charge in [-0.3, -0.25) is 4.79 Å². The lowest BCUT2D eigenvalue weighted by molar-refractivity contribution is -0.147. The van der Waals surface area contributed by atoms with Crippen molar-refractivity contribution in [3.05, 3.63) is 0 Å². The van der Waals surface area contributed by atoms with E-state index in [0.29, 0.717) is 0 Å². The predicted octanol–water partition coefficient (Wildman–Crippen LogP) is 0.535. The van der Waals surface area contributed by atoms with Crippen LogP contribution in [0.2, 0.25) is 0 Å². The highest BCUT2D eigenvalue weighted by molar-refractivity contribution is 5.81. The second-order valence-electron chi connectivity index (χ2n) is 3.84. The van der Waals surface area contributed by atoms with Crippen molar-refractivity contribution in [2.24, 2.45) is 0 Å². The fraction of sp³-hybridized carbons (Fsp3) is 0.800. The fourth-order valence-electron chi connectivity index (χ4n) is 1.66. The van der Waals surface area contributed by atoms with Crippen molar-refractivity contribution < 1.29 is 19.4 Å². The summed E-state index contributed by atoms with van der Waals surface area (Å²) in [4.78, 5) is 21.7. The molecule has 1 rings (SSSR count). The van der Waals surface area contributed by atoms with Crippen LogP contribution in [0.15, 0.2) is 0 Å². The molecule has 0 radical (unpaired) electrons. The van der Waals surface area contributed by atoms with E-state index in [0.717, 1.165) is 25.7 Å². The minimum Gasteiger partial charge on any atom is -0.480 e. The quantitative estimate of drug-likeness (QED) is 0.701. The van der Waals surface area contributed by atoms with Crippen LogP contribution >= 0.6 is 0 Å². The minimum atomic E-state index is -1.06. The molecule has 0 heterocycles. The molecule has 1 aliphatic carbocycles. The molecule has 1 amide bonds. The molecule has 86 valence electrons. The van der Waals surface area contributed by atoms with Gasteiger partial charge in [0.15, 0.2) is 0 Å². The molecule has 2 N–H and O–H groups in total. The Balaban J connectivity index is 2.22. The third-order valence-electron chi connectivity index (χ3n) is 2.53. The summed E-state index contributed by atoms with van der Waals surface area (Å²) in [5.74, 6) is -1.28. The van der Waals surface area contributed by atoms with Crippen molar-refractivity contribution in [2.75, 3.05) is 6.61 Å². The van der Waals surface area contributed by atoms with Crippen molar-refractivity contribution in [2.45, 2.75) is 44.8 Å². The molecular weight excluding hydrogens is 198 g/mol. The van der Waals surface area contributed by atoms with Crippen molar-refractivity contribution in [3.8, 4) is 0 Å². The molecule has 1 atom stereocenters. The fourth-order valence-corrected chi connectivity index (χ4v) is 1.66. The summed E-state index contributed by atoms with van der Waals surface area (Å²) < 4.78 is 4.86. The second-order valence-corrected chi connectivity index (χ2v) is 3.84. The molecule has 0 aromatic carbocycles. The Morgan fingerprint density at radius 1 is 1.47 bits per heavy atom. The van der Waals surface area contributed by atoms with Gasteiger partial charge in [0.2, 0.25) is 5.91 Å². The average molecular weight is 215 g/mol. The highest BCUT2D eigenvalue weighted by atomic mass is 16.5. The maximum atomic E-state index is 11.5. The van der Waals surface area contributed by atoms with E-state index in [1.165, 1.54) is 0 Å². The maximum absolute atomic E-state index is 11.5. The molecule has 1 fully saturated rings. The van der Waals surface area contributed by atoms with Gasteiger partial charge in [0, 0.05) is 6.04 Å². The number of ether oxygens (including phenoxy) is 1. The molecule has 0 spiro atoms. The van der Waals surface area contributed by atoms with Crippen molar-refractivity contribution in [1.82, 2.24) is 5.32 Å². The van der Waals surface area contributed by atoms with Crippen LogP contribution in [-0.2, 0) is 14.3 Å². The summed E-state index contributed by atoms with van der Waals surface area (Å²) in [7, 11) is 0. The zero-order chi connectivity index (χ0) is 11.3. The van der Waals surface area contributed by atoms with Gasteiger partial charge in [0.1, 0.15) is 12.7 Å². The van der Waals surface area contributed by atoms with Gasteiger partial charge in [-0.05, 0) is 19.8 Å². The Hall–Kier alpha value is -1.10. The zero-order valence-corrected chi connectivity index (χ0v) is 8.86. The Labute approximate surface area is 88.8 Å². The summed E-state index contributed by atoms with van der Waals surface area (Å²) in [6.45, 7) is 1.13. The van der Waals surface area contributed by atoms with E-state index in [-0.39, 0.29) is 11.9 Å². The molecule has 0 bridgehead atoms. The maximum Gasteiger partial charge on any atom is 0.329 e. The lowest BCUT2D eigenvalue weighted by atomic mass is 10.2. The first-order chi connectivity index (χ1) is 7.09. The third kappa shape index (κ3) is 4.29. The minimum absolute atomic E-state index is 0.219. The molecule has 0 aromatic rings. The normalized spacial score (nSPS) is 18.7. The number of rotatable bonds is 5. The van der Waals surface area contributed by atoms with Gasteiger partial charge in [-0.2, -0.15) is 0 Å². The van der Waals surface area contributed by atoms with E-state index in [4.69, 9.17) is 9.84 Å². The first-order valence-corrected chi connectivity index (χ1v) is 5.23. The summed E-state index contributed by atoms with van der Waals surface area (Å²) >= 11 is 0. The lowest BCUT2D eigenvalue weighted by Gasteiger charge is -2.16. The van der Waals surface area contributed by atoms with Gasteiger partial charge in [-0.15, -0.1) is 0 Å². The smallest absolute Gasteiger partial charge is 0.329 e. The van der Waals surface area contributed by atoms with Gasteiger partial charge >= 0.3 is 5.97 Å². The highest BCUT2D eigenvalue weighted by Gasteiger charge is 2.21. The number of hydrogen-bond acceptors (Lipinski definition) is 3. The Bertz CT molecular complexity index is 236. The van der Waals surface area contributed by atoms with E-state index in [1.807, 2.05) is 0 Å². The molecular formula is C10H17NO4. The number of carbonyl (C=O) groups is 2. The molecule has 15 heavy (non-hydrogen) atoms. The number of nitrogens with one attached hydrogen (secondary N) is 1. The van der Waals surface area contributed by atoms with Crippen LogP contribution in [0.3, 0.4) is 0 Å². The Kier molecular flexibility index (Phi) is 4.55. The molecule has 5 nitrogen and oxygen atoms in total. The Morgan fingerprint density at radius 3 is 2.60 bits per heavy atom. The van der Waals surface area contributed by atoms with Crippen molar-refractivity contribution in [1.29, 1.82) is 0 Å². The summed E-state index contributed by atoms with van der Waals surface area (Å²) in [5.41, 5.74) is 0. The largest absolute Gasteiger partial charge is 0.480 e. The molecule has 0 aromatic heterocycles. The van der Waals surface area contributed by atoms with Gasteiger partial charge in [0.05, 0.1) is 0 Å². The third-order valence-corrected chi connectivity index (χ3v) is 2.53. The van der Waals surface area contributed by atoms with Crippen LogP contribution in [0.1, 0.15) is 32.6 Å². The van der Waals surface area contributed by atoms with E-state index in [9.17, 15) is 9.59 Å². The van der Waals surface area contributed by atoms with Crippen LogP contribution in [0.25, 0.3) is 0 Å². The molecule has 0 saturated heterocycles. The number of aliphatic carboxylic acids is 1. The van der Waals surface area contributed by atoms with E-state index >= 15 is 0 Å². The monoisotopic (exact) mass is 215 g/mol. The number of carbonyl (C=O) groups excluding carboxylic acids is 1.